The number of amides is 2. The van der Waals surface area contributed by atoms with Gasteiger partial charge in [-0.3, -0.25) is 19.7 Å². The molecule has 2 rings (SSSR count). The molecule has 0 aliphatic carbocycles. The molecule has 1 heterocycles. The molecule has 8 heteroatoms. The zero-order valence-electron chi connectivity index (χ0n) is 14.8. The van der Waals surface area contributed by atoms with Crippen LogP contribution in [0.2, 0.25) is 0 Å². The largest absolute Gasteiger partial charge is 0.342 e. The van der Waals surface area contributed by atoms with E-state index in [0.717, 1.165) is 18.5 Å². The maximum Gasteiger partial charge on any atom is 0.271 e. The highest BCUT2D eigenvalue weighted by atomic mass is 16.6. The number of rotatable bonds is 7. The van der Waals surface area contributed by atoms with E-state index in [9.17, 15) is 19.7 Å². The van der Waals surface area contributed by atoms with Crippen LogP contribution in [0, 0.1) is 23.0 Å². The lowest BCUT2D eigenvalue weighted by Crippen LogP contribution is -2.30. The van der Waals surface area contributed by atoms with Gasteiger partial charge in [0.05, 0.1) is 16.5 Å². The highest BCUT2D eigenvalue weighted by molar-refractivity contribution is 5.97. The molecule has 136 valence electrons. The summed E-state index contributed by atoms with van der Waals surface area (Å²) in [5, 5.41) is 13.6. The van der Waals surface area contributed by atoms with E-state index in [0.29, 0.717) is 18.8 Å². The maximum absolute atomic E-state index is 12.5. The average Bonchev–Trinajstić information content (AvgIpc) is 2.90. The molecule has 1 fully saturated rings. The number of benzene rings is 1. The zero-order chi connectivity index (χ0) is 18.6. The van der Waals surface area contributed by atoms with Crippen molar-refractivity contribution in [2.24, 2.45) is 5.92 Å². The maximum atomic E-state index is 12.5. The number of carbonyl (C=O) groups excluding carboxylic acids is 2. The Balaban J connectivity index is 1.97. The second-order valence-corrected chi connectivity index (χ2v) is 6.64. The van der Waals surface area contributed by atoms with Gasteiger partial charge in [-0.1, -0.05) is 6.07 Å². The molecular weight excluding hydrogens is 324 g/mol. The zero-order valence-corrected chi connectivity index (χ0v) is 14.8. The minimum Gasteiger partial charge on any atom is -0.342 e. The van der Waals surface area contributed by atoms with Gasteiger partial charge in [-0.15, -0.1) is 0 Å². The third kappa shape index (κ3) is 4.99. The molecule has 1 saturated heterocycles. The Bertz CT molecular complexity index is 675. The van der Waals surface area contributed by atoms with E-state index in [1.807, 2.05) is 14.1 Å². The number of hydrogen-bond acceptors (Lipinski definition) is 5. The standard InChI is InChI=1S/C17H24N4O4/c1-12-5-6-14(21(24)25)10-15(12)18-17(23)13-9-16(22)20(11-13)8-4-7-19(2)3/h5-6,10,13H,4,7-9,11H2,1-3H3,(H,18,23). The Morgan fingerprint density at radius 2 is 2.16 bits per heavy atom. The van der Waals surface area contributed by atoms with Crippen LogP contribution in [0.5, 0.6) is 0 Å². The lowest BCUT2D eigenvalue weighted by atomic mass is 10.1. The Labute approximate surface area is 146 Å². The first-order valence-corrected chi connectivity index (χ1v) is 8.26. The molecule has 1 aliphatic heterocycles. The summed E-state index contributed by atoms with van der Waals surface area (Å²) in [5.41, 5.74) is 1.08. The smallest absolute Gasteiger partial charge is 0.271 e. The van der Waals surface area contributed by atoms with Gasteiger partial charge in [0.1, 0.15) is 0 Å². The molecule has 0 radical (unpaired) electrons. The molecule has 25 heavy (non-hydrogen) atoms. The van der Waals surface area contributed by atoms with Crippen molar-refractivity contribution >= 4 is 23.2 Å². The SMILES string of the molecule is Cc1ccc([N+](=O)[O-])cc1NC(=O)C1CC(=O)N(CCCN(C)C)C1. The van der Waals surface area contributed by atoms with Gasteiger partial charge in [-0.05, 0) is 39.5 Å². The van der Waals surface area contributed by atoms with E-state index in [4.69, 9.17) is 0 Å². The molecule has 0 aromatic heterocycles. The molecule has 0 spiro atoms. The van der Waals surface area contributed by atoms with Crippen LogP contribution in [0.25, 0.3) is 0 Å². The number of carbonyl (C=O) groups is 2. The highest BCUT2D eigenvalue weighted by Crippen LogP contribution is 2.24. The summed E-state index contributed by atoms with van der Waals surface area (Å²) >= 11 is 0. The Kier molecular flexibility index (Phi) is 6.08. The van der Waals surface area contributed by atoms with Gasteiger partial charge in [0.2, 0.25) is 11.8 Å². The fourth-order valence-corrected chi connectivity index (χ4v) is 2.83. The number of anilines is 1. The molecule has 1 N–H and O–H groups in total. The number of hydrogen-bond donors (Lipinski definition) is 1. The molecule has 0 bridgehead atoms. The summed E-state index contributed by atoms with van der Waals surface area (Å²) in [5.74, 6) is -0.716. The summed E-state index contributed by atoms with van der Waals surface area (Å²) < 4.78 is 0. The Morgan fingerprint density at radius 3 is 2.80 bits per heavy atom. The minimum atomic E-state index is -0.499. The van der Waals surface area contributed by atoms with Gasteiger partial charge in [0, 0.05) is 31.6 Å². The van der Waals surface area contributed by atoms with Crippen LogP contribution in [0.15, 0.2) is 18.2 Å². The van der Waals surface area contributed by atoms with E-state index in [2.05, 4.69) is 10.2 Å². The van der Waals surface area contributed by atoms with Gasteiger partial charge >= 0.3 is 0 Å². The normalized spacial score (nSPS) is 17.2. The van der Waals surface area contributed by atoms with Crippen LogP contribution in [0.3, 0.4) is 0 Å². The second-order valence-electron chi connectivity index (χ2n) is 6.64. The highest BCUT2D eigenvalue weighted by Gasteiger charge is 2.34. The molecule has 8 nitrogen and oxygen atoms in total. The van der Waals surface area contributed by atoms with Gasteiger partial charge < -0.3 is 15.1 Å². The summed E-state index contributed by atoms with van der Waals surface area (Å²) in [6.45, 7) is 3.68. The van der Waals surface area contributed by atoms with Crippen LogP contribution in [0.4, 0.5) is 11.4 Å². The number of nitro groups is 1. The predicted octanol–water partition coefficient (Wildman–Crippen LogP) is 1.64. The number of nitro benzene ring substituents is 1. The van der Waals surface area contributed by atoms with Crippen LogP contribution in [-0.2, 0) is 9.59 Å². The lowest BCUT2D eigenvalue weighted by Gasteiger charge is -2.18. The van der Waals surface area contributed by atoms with Crippen molar-refractivity contribution in [2.75, 3.05) is 39.0 Å². The number of likely N-dealkylation sites (tertiary alicyclic amines) is 1. The first-order valence-electron chi connectivity index (χ1n) is 8.26. The van der Waals surface area contributed by atoms with Crippen LogP contribution in [-0.4, -0.2) is 60.3 Å². The van der Waals surface area contributed by atoms with Gasteiger partial charge in [0.25, 0.3) is 5.69 Å². The van der Waals surface area contributed by atoms with Crippen LogP contribution in [0.1, 0.15) is 18.4 Å². The number of aryl methyl sites for hydroxylation is 1. The third-order valence-electron chi connectivity index (χ3n) is 4.31. The molecule has 1 atom stereocenters. The van der Waals surface area contributed by atoms with Crippen molar-refractivity contribution in [1.82, 2.24) is 9.80 Å². The summed E-state index contributed by atoms with van der Waals surface area (Å²) in [6.07, 6.45) is 1.04. The van der Waals surface area contributed by atoms with E-state index in [1.165, 1.54) is 12.1 Å². The lowest BCUT2D eigenvalue weighted by molar-refractivity contribution is -0.384. The molecule has 2 amide bonds. The van der Waals surface area contributed by atoms with Gasteiger partial charge in [0.15, 0.2) is 0 Å². The van der Waals surface area contributed by atoms with Crippen LogP contribution >= 0.6 is 0 Å². The topological polar surface area (TPSA) is 95.8 Å². The van der Waals surface area contributed by atoms with Gasteiger partial charge in [-0.2, -0.15) is 0 Å². The monoisotopic (exact) mass is 348 g/mol. The molecular formula is C17H24N4O4. The molecule has 1 aromatic carbocycles. The molecule has 1 aromatic rings. The predicted molar refractivity (Wildman–Crippen MR) is 94.3 cm³/mol. The van der Waals surface area contributed by atoms with Crippen molar-refractivity contribution in [1.29, 1.82) is 0 Å². The van der Waals surface area contributed by atoms with E-state index in [1.54, 1.807) is 17.9 Å². The quantitative estimate of drug-likeness (QED) is 0.597. The second kappa shape index (κ2) is 8.06. The van der Waals surface area contributed by atoms with Crippen molar-refractivity contribution in [3.8, 4) is 0 Å². The van der Waals surface area contributed by atoms with Gasteiger partial charge in [-0.25, -0.2) is 0 Å². The molecule has 1 aliphatic rings. The molecule has 0 saturated carbocycles. The summed E-state index contributed by atoms with van der Waals surface area (Å²) in [4.78, 5) is 38.7. The fraction of sp³-hybridized carbons (Fsp3) is 0.529. The minimum absolute atomic E-state index is 0.0188. The van der Waals surface area contributed by atoms with Crippen molar-refractivity contribution in [3.05, 3.63) is 33.9 Å². The number of nitrogens with one attached hydrogen (secondary N) is 1. The van der Waals surface area contributed by atoms with E-state index >= 15 is 0 Å². The third-order valence-corrected chi connectivity index (χ3v) is 4.31. The first-order chi connectivity index (χ1) is 11.8. The first kappa shape index (κ1) is 18.9. The van der Waals surface area contributed by atoms with E-state index in [-0.39, 0.29) is 23.9 Å². The Morgan fingerprint density at radius 1 is 1.44 bits per heavy atom. The van der Waals surface area contributed by atoms with E-state index < -0.39 is 10.8 Å². The number of nitrogens with zero attached hydrogens (tertiary/aromatic N) is 3. The molecule has 1 unspecified atom stereocenters. The summed E-state index contributed by atoms with van der Waals surface area (Å²) in [7, 11) is 3.95. The summed E-state index contributed by atoms with van der Waals surface area (Å²) in [6, 6.07) is 4.34. The average molecular weight is 348 g/mol. The number of non-ortho nitro benzene ring substituents is 1. The fourth-order valence-electron chi connectivity index (χ4n) is 2.83. The van der Waals surface area contributed by atoms with Crippen molar-refractivity contribution < 1.29 is 14.5 Å². The Hall–Kier alpha value is -2.48. The van der Waals surface area contributed by atoms with Crippen molar-refractivity contribution in [2.45, 2.75) is 19.8 Å². The van der Waals surface area contributed by atoms with Crippen LogP contribution < -0.4 is 5.32 Å². The van der Waals surface area contributed by atoms with Crippen molar-refractivity contribution in [3.63, 3.8) is 0 Å².